The Balaban J connectivity index is 0.000000215. The molecule has 0 radical (unpaired) electrons. The van der Waals surface area contributed by atoms with Gasteiger partial charge < -0.3 is 68.2 Å². The van der Waals surface area contributed by atoms with Gasteiger partial charge in [0, 0.05) is 26.2 Å². The maximum Gasteiger partial charge on any atom is 0.417 e. The van der Waals surface area contributed by atoms with Crippen molar-refractivity contribution >= 4 is 33.2 Å². The Bertz CT molecular complexity index is 4480. The van der Waals surface area contributed by atoms with E-state index in [0.29, 0.717) is 24.3 Å². The van der Waals surface area contributed by atoms with Crippen molar-refractivity contribution in [2.75, 3.05) is 19.3 Å². The molecule has 0 spiro atoms. The molecule has 0 saturated carbocycles. The van der Waals surface area contributed by atoms with Crippen molar-refractivity contribution in [1.29, 1.82) is 0 Å². The molecule has 12 rings (SSSR count). The van der Waals surface area contributed by atoms with E-state index < -0.39 is 88.5 Å². The van der Waals surface area contributed by atoms with Crippen molar-refractivity contribution < 1.29 is 76.6 Å². The van der Waals surface area contributed by atoms with Gasteiger partial charge in [-0.3, -0.25) is 4.52 Å². The monoisotopic (exact) mass is 1480 g/mol. The van der Waals surface area contributed by atoms with Gasteiger partial charge >= 0.3 is 33.2 Å². The zero-order chi connectivity index (χ0) is 75.1. The topological polar surface area (TPSA) is 255 Å². The summed E-state index contributed by atoms with van der Waals surface area (Å²) in [7, 11) is -8.13. The average Bonchev–Trinajstić information content (AvgIpc) is 1.65. The maximum absolute atomic E-state index is 14.9. The van der Waals surface area contributed by atoms with E-state index in [1.165, 1.54) is 6.92 Å². The zero-order valence-electron chi connectivity index (χ0n) is 59.6. The Morgan fingerprint density at radius 1 is 0.364 bits per heavy atom. The number of hydrogen-bond donors (Lipinski definition) is 5. The summed E-state index contributed by atoms with van der Waals surface area (Å²) in [5.41, 5.74) is 7.00. The summed E-state index contributed by atoms with van der Waals surface area (Å²) >= 11 is 0. The van der Waals surface area contributed by atoms with E-state index >= 15 is 0 Å². The summed E-state index contributed by atoms with van der Waals surface area (Å²) in [4.78, 5) is 59.0. The largest absolute Gasteiger partial charge is 0.480 e. The Hall–Kier alpha value is -10.4. The van der Waals surface area contributed by atoms with Gasteiger partial charge in [-0.1, -0.05) is 243 Å². The van der Waals surface area contributed by atoms with Crippen LogP contribution in [0, 0.1) is 0 Å². The number of amides is 4. The molecule has 0 bridgehead atoms. The molecule has 20 nitrogen and oxygen atoms in total. The summed E-state index contributed by atoms with van der Waals surface area (Å²) in [6.45, 7) is 4.17. The fraction of sp³-hybridized carbons (Fsp3) is 0.259. The van der Waals surface area contributed by atoms with Gasteiger partial charge in [0.2, 0.25) is 6.35 Å². The van der Waals surface area contributed by atoms with Crippen LogP contribution >= 0.6 is 15.2 Å². The highest BCUT2D eigenvalue weighted by Gasteiger charge is 2.48. The van der Waals surface area contributed by atoms with Crippen LogP contribution in [0.25, 0.3) is 0 Å². The summed E-state index contributed by atoms with van der Waals surface area (Å²) in [5.74, 6) is 0.570. The second-order valence-electron chi connectivity index (χ2n) is 26.4. The Labute approximate surface area is 624 Å². The molecule has 22 heteroatoms. The first-order chi connectivity index (χ1) is 51.9. The first kappa shape index (κ1) is 77.7. The second kappa shape index (κ2) is 37.7. The van der Waals surface area contributed by atoms with Crippen molar-refractivity contribution in [3.8, 4) is 23.0 Å². The van der Waals surface area contributed by atoms with Gasteiger partial charge in [-0.15, -0.1) is 0 Å². The number of nitrogens with zero attached hydrogens (tertiary/aromatic N) is 4. The minimum atomic E-state index is -4.08. The molecule has 2 heterocycles. The normalized spacial score (nSPS) is 20.2. The van der Waals surface area contributed by atoms with Crippen LogP contribution in [0.15, 0.2) is 291 Å². The summed E-state index contributed by atoms with van der Waals surface area (Å²) < 4.78 is 59.7. The molecule has 2 aliphatic rings. The average molecular weight is 1490 g/mol. The molecule has 4 amide bonds. The fourth-order valence-corrected chi connectivity index (χ4v) is 15.5. The van der Waals surface area contributed by atoms with Crippen molar-refractivity contribution in [1.82, 2.24) is 19.6 Å². The van der Waals surface area contributed by atoms with Gasteiger partial charge in [0.1, 0.15) is 47.4 Å². The third-order valence-electron chi connectivity index (χ3n) is 18.7. The number of benzene rings is 10. The summed E-state index contributed by atoms with van der Waals surface area (Å²) in [5, 5.41) is 48.0. The summed E-state index contributed by atoms with van der Waals surface area (Å²) in [6, 6.07) is 84.9. The van der Waals surface area contributed by atoms with Crippen LogP contribution in [-0.2, 0) is 75.0 Å². The SMILES string of the molecule is CCOC(=O)[C@H](C)OP(=O)(COc1ccc(C[C@@H]2[C@H](O)[C@@H](O)[C@@H](Cc3ccccc3)N(Cc3ccccc3)C(=O)N2Cc2ccccc2)cc1)Oc1ccccc1.O=C1N(Cc2ccccc2)[C@H](Cc2ccccc2)[C@H](O)[C@@H](O)[C@@H](Cc2ccc(OCP(=O)(O)Oc3ccccc3)cc2)N1Cc1ccccc1. The van der Waals surface area contributed by atoms with Gasteiger partial charge in [-0.05, 0) is 133 Å². The minimum absolute atomic E-state index is 0.133. The van der Waals surface area contributed by atoms with Crippen LogP contribution in [0.2, 0.25) is 0 Å². The first-order valence-electron chi connectivity index (χ1n) is 35.7. The highest BCUT2D eigenvalue weighted by Crippen LogP contribution is 2.50. The van der Waals surface area contributed by atoms with Crippen molar-refractivity contribution in [2.45, 2.75) is 120 Å². The molecule has 5 N–H and O–H groups in total. The van der Waals surface area contributed by atoms with Crippen LogP contribution in [0.1, 0.15) is 58.4 Å². The lowest BCUT2D eigenvalue weighted by molar-refractivity contribution is -0.150. The molecular formula is C85H90N4O16P2. The smallest absolute Gasteiger partial charge is 0.417 e. The standard InChI is InChI=1S/C45H49N2O9P.C40H41N2O7P/c1-3-53-44(50)33(2)55-57(52,56-39-22-14-7-15-23-39)32-54-38-26-24-35(25-27-38)29-41-43(49)42(48)40(28-34-16-8-4-9-17-34)46(30-36-18-10-5-11-19-36)45(51)47(41)31-37-20-12-6-13-21-37;43-38-36(25-30-13-5-1-6-14-30)41(27-32-15-7-2-8-16-32)40(45)42(28-33-17-9-3-10-18-33)37(39(38)44)26-31-21-23-34(24-22-31)48-29-50(46,47)49-35-19-11-4-12-20-35/h4-27,33,40-43,48-49H,3,28-32H2,1-2H3;1-24,36-39,43-44H,25-29H2,(H,46,47)/t33-,40+,41+,42-,43-,57?;36-,37-,38+,39+/m01/s1. The maximum atomic E-state index is 14.9. The van der Waals surface area contributed by atoms with Crippen LogP contribution < -0.4 is 18.5 Å². The zero-order valence-corrected chi connectivity index (χ0v) is 61.4. The van der Waals surface area contributed by atoms with E-state index in [1.807, 2.05) is 182 Å². The van der Waals surface area contributed by atoms with Crippen LogP contribution in [0.3, 0.4) is 0 Å². The molecule has 0 aromatic heterocycles. The lowest BCUT2D eigenvalue weighted by Gasteiger charge is -2.36. The highest BCUT2D eigenvalue weighted by atomic mass is 31.2. The van der Waals surface area contributed by atoms with Crippen molar-refractivity contribution in [3.63, 3.8) is 0 Å². The molecule has 10 aromatic carbocycles. The van der Waals surface area contributed by atoms with E-state index in [9.17, 15) is 48.8 Å². The molecule has 2 fully saturated rings. The molecule has 10 aromatic rings. The van der Waals surface area contributed by atoms with E-state index in [4.69, 9.17) is 27.8 Å². The lowest BCUT2D eigenvalue weighted by atomic mass is 9.91. The molecule has 11 atom stereocenters. The Morgan fingerprint density at radius 3 is 0.925 bits per heavy atom. The molecular weight excluding hydrogens is 1390 g/mol. The first-order valence-corrected chi connectivity index (χ1v) is 39.2. The van der Waals surface area contributed by atoms with Crippen LogP contribution in [-0.4, -0.2) is 137 Å². The van der Waals surface area contributed by atoms with E-state index in [-0.39, 0.29) is 69.2 Å². The summed E-state index contributed by atoms with van der Waals surface area (Å²) in [6.07, 6.45) is -6.18. The fourth-order valence-electron chi connectivity index (χ4n) is 13.2. The number of hydrogen-bond acceptors (Lipinski definition) is 15. The minimum Gasteiger partial charge on any atom is -0.480 e. The Morgan fingerprint density at radius 2 is 0.626 bits per heavy atom. The van der Waals surface area contributed by atoms with Crippen LogP contribution in [0.4, 0.5) is 9.59 Å². The molecule has 0 aliphatic carbocycles. The van der Waals surface area contributed by atoms with E-state index in [0.717, 1.165) is 44.5 Å². The van der Waals surface area contributed by atoms with Crippen molar-refractivity contribution in [3.05, 3.63) is 336 Å². The predicted octanol–water partition coefficient (Wildman–Crippen LogP) is 14.3. The number of carbonyl (C=O) groups excluding carboxylic acids is 3. The molecule has 2 saturated heterocycles. The number of rotatable bonds is 30. The lowest BCUT2D eigenvalue weighted by Crippen LogP contribution is -2.50. The third-order valence-corrected chi connectivity index (χ3v) is 21.2. The molecule has 2 unspecified atom stereocenters. The number of para-hydroxylation sites is 2. The molecule has 556 valence electrons. The van der Waals surface area contributed by atoms with Gasteiger partial charge in [0.05, 0.1) is 30.8 Å². The molecule has 2 aliphatic heterocycles. The number of aliphatic hydroxyl groups excluding tert-OH is 4. The van der Waals surface area contributed by atoms with E-state index in [1.54, 1.807) is 136 Å². The van der Waals surface area contributed by atoms with Gasteiger partial charge in [0.15, 0.2) is 12.5 Å². The number of aliphatic hydroxyl groups is 4. The number of esters is 1. The highest BCUT2D eigenvalue weighted by molar-refractivity contribution is 7.54. The van der Waals surface area contributed by atoms with Gasteiger partial charge in [-0.2, -0.15) is 0 Å². The van der Waals surface area contributed by atoms with Gasteiger partial charge in [0.25, 0.3) is 0 Å². The number of urea groups is 2. The molecule has 107 heavy (non-hydrogen) atoms. The number of ether oxygens (including phenoxy) is 3. The Kier molecular flexibility index (Phi) is 27.4. The third kappa shape index (κ3) is 21.9. The van der Waals surface area contributed by atoms with Crippen molar-refractivity contribution in [2.24, 2.45) is 0 Å². The second-order valence-corrected chi connectivity index (χ2v) is 30.0. The number of carbonyl (C=O) groups is 3. The van der Waals surface area contributed by atoms with Crippen LogP contribution in [0.5, 0.6) is 23.0 Å². The predicted molar refractivity (Wildman–Crippen MR) is 408 cm³/mol. The van der Waals surface area contributed by atoms with E-state index in [2.05, 4.69) is 0 Å². The van der Waals surface area contributed by atoms with Gasteiger partial charge in [-0.25, -0.2) is 23.5 Å². The quantitative estimate of drug-likeness (QED) is 0.0207.